The highest BCUT2D eigenvalue weighted by atomic mass is 16.5. The molecule has 0 aliphatic carbocycles. The summed E-state index contributed by atoms with van der Waals surface area (Å²) in [5.74, 6) is 0.758. The van der Waals surface area contributed by atoms with Gasteiger partial charge in [0.25, 0.3) is 0 Å². The van der Waals surface area contributed by atoms with Crippen molar-refractivity contribution in [2.45, 2.75) is 39.9 Å². The number of hydrogen-bond acceptors (Lipinski definition) is 3. The number of carbonyl (C=O) groups excluding carboxylic acids is 1. The van der Waals surface area contributed by atoms with E-state index in [1.54, 1.807) is 7.11 Å². The zero-order valence-corrected chi connectivity index (χ0v) is 17.4. The van der Waals surface area contributed by atoms with E-state index in [4.69, 9.17) is 4.74 Å². The van der Waals surface area contributed by atoms with Crippen molar-refractivity contribution < 1.29 is 9.53 Å². The number of amides is 2. The molecule has 0 spiro atoms. The molecule has 0 fully saturated rings. The molecule has 0 saturated carbocycles. The van der Waals surface area contributed by atoms with E-state index in [-0.39, 0.29) is 12.1 Å². The Morgan fingerprint density at radius 1 is 1.10 bits per heavy atom. The number of aromatic nitrogens is 2. The van der Waals surface area contributed by atoms with Gasteiger partial charge in [0.2, 0.25) is 0 Å². The van der Waals surface area contributed by atoms with Crippen molar-refractivity contribution in [2.75, 3.05) is 7.11 Å². The fourth-order valence-electron chi connectivity index (χ4n) is 3.42. The molecule has 29 heavy (non-hydrogen) atoms. The Morgan fingerprint density at radius 3 is 2.52 bits per heavy atom. The van der Waals surface area contributed by atoms with Gasteiger partial charge in [0, 0.05) is 23.4 Å². The zero-order chi connectivity index (χ0) is 20.8. The van der Waals surface area contributed by atoms with Crippen molar-refractivity contribution in [1.82, 2.24) is 20.4 Å². The van der Waals surface area contributed by atoms with Crippen LogP contribution in [0.3, 0.4) is 0 Å². The second-order valence-corrected chi connectivity index (χ2v) is 7.08. The first-order valence-corrected chi connectivity index (χ1v) is 9.73. The van der Waals surface area contributed by atoms with Crippen molar-refractivity contribution in [3.05, 3.63) is 82.7 Å². The smallest absolute Gasteiger partial charge is 0.315 e. The Balaban J connectivity index is 1.61. The number of nitrogens with zero attached hydrogens (tertiary/aromatic N) is 2. The molecule has 2 aromatic carbocycles. The predicted molar refractivity (Wildman–Crippen MR) is 114 cm³/mol. The number of para-hydroxylation sites is 1. The molecule has 1 atom stereocenters. The van der Waals surface area contributed by atoms with Gasteiger partial charge in [-0.1, -0.05) is 48.5 Å². The third-order valence-electron chi connectivity index (χ3n) is 5.09. The number of urea groups is 1. The molecule has 1 aromatic heterocycles. The average Bonchev–Trinajstić information content (AvgIpc) is 2.99. The van der Waals surface area contributed by atoms with E-state index in [2.05, 4.69) is 27.9 Å². The van der Waals surface area contributed by atoms with E-state index in [1.165, 1.54) is 5.56 Å². The molecule has 2 amide bonds. The lowest BCUT2D eigenvalue weighted by atomic mass is 10.1. The molecule has 3 aromatic rings. The van der Waals surface area contributed by atoms with Crippen LogP contribution >= 0.6 is 0 Å². The second-order valence-electron chi connectivity index (χ2n) is 7.08. The van der Waals surface area contributed by atoms with Gasteiger partial charge in [0.05, 0.1) is 25.4 Å². The largest absolute Gasteiger partial charge is 0.496 e. The lowest BCUT2D eigenvalue weighted by Gasteiger charge is -2.17. The highest BCUT2D eigenvalue weighted by Crippen LogP contribution is 2.24. The summed E-state index contributed by atoms with van der Waals surface area (Å²) in [6, 6.07) is 17.5. The van der Waals surface area contributed by atoms with E-state index in [0.29, 0.717) is 13.1 Å². The van der Waals surface area contributed by atoms with E-state index in [9.17, 15) is 4.79 Å². The molecule has 2 N–H and O–H groups in total. The Bertz CT molecular complexity index is 966. The minimum Gasteiger partial charge on any atom is -0.496 e. The van der Waals surface area contributed by atoms with Gasteiger partial charge in [-0.2, -0.15) is 5.10 Å². The summed E-state index contributed by atoms with van der Waals surface area (Å²) in [5, 5.41) is 10.6. The van der Waals surface area contributed by atoms with Crippen molar-refractivity contribution >= 4 is 6.03 Å². The molecular formula is C23H28N4O2. The minimum absolute atomic E-state index is 0.172. The first kappa shape index (κ1) is 20.5. The quantitative estimate of drug-likeness (QED) is 0.636. The first-order chi connectivity index (χ1) is 14.0. The minimum atomic E-state index is -0.224. The molecule has 3 rings (SSSR count). The Morgan fingerprint density at radius 2 is 1.79 bits per heavy atom. The molecule has 0 radical (unpaired) electrons. The van der Waals surface area contributed by atoms with Gasteiger partial charge >= 0.3 is 6.03 Å². The Hall–Kier alpha value is -3.28. The van der Waals surface area contributed by atoms with Gasteiger partial charge in [0.1, 0.15) is 5.75 Å². The second kappa shape index (κ2) is 9.28. The lowest BCUT2D eigenvalue weighted by Crippen LogP contribution is -2.36. The fourth-order valence-corrected chi connectivity index (χ4v) is 3.42. The third-order valence-corrected chi connectivity index (χ3v) is 5.09. The van der Waals surface area contributed by atoms with Crippen molar-refractivity contribution in [2.24, 2.45) is 0 Å². The summed E-state index contributed by atoms with van der Waals surface area (Å²) >= 11 is 0. The zero-order valence-electron chi connectivity index (χ0n) is 17.4. The normalized spacial score (nSPS) is 11.7. The van der Waals surface area contributed by atoms with Crippen LogP contribution in [0.2, 0.25) is 0 Å². The summed E-state index contributed by atoms with van der Waals surface area (Å²) in [5.41, 5.74) is 5.16. The van der Waals surface area contributed by atoms with Crippen LogP contribution in [0.1, 0.15) is 41.0 Å². The summed E-state index contributed by atoms with van der Waals surface area (Å²) < 4.78 is 7.36. The number of nitrogens with one attached hydrogen (secondary N) is 2. The van der Waals surface area contributed by atoms with Gasteiger partial charge in [-0.25, -0.2) is 4.79 Å². The highest BCUT2D eigenvalue weighted by Gasteiger charge is 2.16. The SMILES string of the molecule is COc1ccccc1[C@H](C)NC(=O)NCc1c(C)nn(Cc2ccccc2)c1C. The molecule has 1 heterocycles. The van der Waals surface area contributed by atoms with Gasteiger partial charge in [-0.15, -0.1) is 0 Å². The van der Waals surface area contributed by atoms with Crippen LogP contribution in [0.5, 0.6) is 5.75 Å². The number of methoxy groups -OCH3 is 1. The monoisotopic (exact) mass is 392 g/mol. The van der Waals surface area contributed by atoms with Crippen LogP contribution in [-0.2, 0) is 13.1 Å². The van der Waals surface area contributed by atoms with E-state index < -0.39 is 0 Å². The molecular weight excluding hydrogens is 364 g/mol. The van der Waals surface area contributed by atoms with Crippen LogP contribution in [0.15, 0.2) is 54.6 Å². The van der Waals surface area contributed by atoms with Crippen LogP contribution in [0, 0.1) is 13.8 Å². The summed E-state index contributed by atoms with van der Waals surface area (Å²) in [6.45, 7) is 7.09. The fraction of sp³-hybridized carbons (Fsp3) is 0.304. The molecule has 0 bridgehead atoms. The topological polar surface area (TPSA) is 68.2 Å². The number of hydrogen-bond donors (Lipinski definition) is 2. The van der Waals surface area contributed by atoms with Crippen LogP contribution in [0.4, 0.5) is 4.79 Å². The summed E-state index contributed by atoms with van der Waals surface area (Å²) in [7, 11) is 1.63. The van der Waals surface area contributed by atoms with Crippen LogP contribution in [-0.4, -0.2) is 22.9 Å². The van der Waals surface area contributed by atoms with E-state index in [0.717, 1.165) is 28.3 Å². The van der Waals surface area contributed by atoms with Crippen LogP contribution < -0.4 is 15.4 Å². The first-order valence-electron chi connectivity index (χ1n) is 9.73. The highest BCUT2D eigenvalue weighted by molar-refractivity contribution is 5.74. The number of aryl methyl sites for hydroxylation is 1. The van der Waals surface area contributed by atoms with Crippen molar-refractivity contribution in [3.63, 3.8) is 0 Å². The van der Waals surface area contributed by atoms with Gasteiger partial charge in [0.15, 0.2) is 0 Å². The average molecular weight is 393 g/mol. The van der Waals surface area contributed by atoms with Gasteiger partial charge in [-0.05, 0) is 32.4 Å². The maximum Gasteiger partial charge on any atom is 0.315 e. The van der Waals surface area contributed by atoms with Gasteiger partial charge in [-0.3, -0.25) is 4.68 Å². The standard InChI is InChI=1S/C23H28N4O2/c1-16(20-12-8-9-13-22(20)29-4)25-23(28)24-14-21-17(2)26-27(18(21)3)15-19-10-6-5-7-11-19/h5-13,16H,14-15H2,1-4H3,(H2,24,25,28)/t16-/m0/s1. The molecule has 6 nitrogen and oxygen atoms in total. The van der Waals surface area contributed by atoms with Crippen LogP contribution in [0.25, 0.3) is 0 Å². The van der Waals surface area contributed by atoms with Crippen molar-refractivity contribution in [3.8, 4) is 5.75 Å². The molecule has 0 unspecified atom stereocenters. The molecule has 152 valence electrons. The number of benzene rings is 2. The van der Waals surface area contributed by atoms with E-state index in [1.807, 2.05) is 67.9 Å². The predicted octanol–water partition coefficient (Wildman–Crippen LogP) is 4.12. The summed E-state index contributed by atoms with van der Waals surface area (Å²) in [4.78, 5) is 12.4. The Kier molecular flexibility index (Phi) is 6.54. The Labute approximate surface area is 171 Å². The molecule has 6 heteroatoms. The number of rotatable bonds is 7. The summed E-state index contributed by atoms with van der Waals surface area (Å²) in [6.07, 6.45) is 0. The van der Waals surface area contributed by atoms with Crippen molar-refractivity contribution in [1.29, 1.82) is 0 Å². The number of ether oxygens (including phenoxy) is 1. The maximum absolute atomic E-state index is 12.4. The molecule has 0 saturated heterocycles. The number of carbonyl (C=O) groups is 1. The third kappa shape index (κ3) is 4.96. The maximum atomic E-state index is 12.4. The molecule has 0 aliphatic heterocycles. The molecule has 0 aliphatic rings. The van der Waals surface area contributed by atoms with E-state index >= 15 is 0 Å². The van der Waals surface area contributed by atoms with Gasteiger partial charge < -0.3 is 15.4 Å². The lowest BCUT2D eigenvalue weighted by molar-refractivity contribution is 0.237.